The third kappa shape index (κ3) is 5.82. The van der Waals surface area contributed by atoms with Crippen molar-refractivity contribution < 1.29 is 26.8 Å². The number of rotatable bonds is 8. The molecule has 0 spiro atoms. The highest BCUT2D eigenvalue weighted by atomic mass is 19.4. The van der Waals surface area contributed by atoms with Gasteiger partial charge in [0.1, 0.15) is 6.61 Å². The number of hydrogen-bond donors (Lipinski definition) is 0. The second-order valence-corrected chi connectivity index (χ2v) is 4.91. The largest absolute Gasteiger partial charge is 0.509 e. The first-order valence-electron chi connectivity index (χ1n) is 6.50. The van der Waals surface area contributed by atoms with Crippen molar-refractivity contribution in [1.29, 1.82) is 0 Å². The fraction of sp³-hybridized carbons (Fsp3) is 0.538. The van der Waals surface area contributed by atoms with E-state index in [0.29, 0.717) is 24.7 Å². The fourth-order valence-corrected chi connectivity index (χ4v) is 1.47. The highest BCUT2D eigenvalue weighted by Crippen LogP contribution is 2.18. The van der Waals surface area contributed by atoms with Crippen LogP contribution in [0.25, 0.3) is 0 Å². The predicted molar refractivity (Wildman–Crippen MR) is 70.9 cm³/mol. The lowest BCUT2D eigenvalue weighted by atomic mass is 9.80. The van der Waals surface area contributed by atoms with Gasteiger partial charge in [0.15, 0.2) is 11.6 Å². The van der Waals surface area contributed by atoms with Gasteiger partial charge < -0.3 is 22.4 Å². The molecule has 1 aromatic carbocycles. The summed E-state index contributed by atoms with van der Waals surface area (Å²) >= 11 is 0. The van der Waals surface area contributed by atoms with Crippen molar-refractivity contribution in [3.63, 3.8) is 0 Å². The Labute approximate surface area is 116 Å². The van der Waals surface area contributed by atoms with Crippen molar-refractivity contribution in [2.75, 3.05) is 19.8 Å². The first-order chi connectivity index (χ1) is 9.30. The summed E-state index contributed by atoms with van der Waals surface area (Å²) in [5, 5.41) is 0. The molecule has 0 bridgehead atoms. The summed E-state index contributed by atoms with van der Waals surface area (Å²) in [4.78, 5) is 0. The summed E-state index contributed by atoms with van der Waals surface area (Å²) in [6.07, 6.45) is 0.889. The van der Waals surface area contributed by atoms with Crippen LogP contribution in [0, 0.1) is 11.7 Å². The Hall–Kier alpha value is -1.24. The second kappa shape index (κ2) is 7.52. The van der Waals surface area contributed by atoms with Gasteiger partial charge in [-0.3, -0.25) is 0 Å². The summed E-state index contributed by atoms with van der Waals surface area (Å²) in [5.74, 6) is -0.691. The smallest absolute Gasteiger partial charge is 0.488 e. The van der Waals surface area contributed by atoms with Crippen molar-refractivity contribution in [2.45, 2.75) is 20.3 Å². The number of ether oxygens (including phenoxy) is 2. The number of hydrogen-bond acceptors (Lipinski definition) is 2. The van der Waals surface area contributed by atoms with E-state index in [1.54, 1.807) is 0 Å². The van der Waals surface area contributed by atoms with Crippen molar-refractivity contribution >= 4 is 12.4 Å². The summed E-state index contributed by atoms with van der Waals surface area (Å²) in [6, 6.07) is 2.16. The average Bonchev–Trinajstić information content (AvgIpc) is 2.33. The van der Waals surface area contributed by atoms with Gasteiger partial charge in [-0.25, -0.2) is 4.39 Å². The van der Waals surface area contributed by atoms with Crippen molar-refractivity contribution in [2.24, 2.45) is 5.92 Å². The molecule has 0 aliphatic rings. The minimum absolute atomic E-state index is 0.0172. The van der Waals surface area contributed by atoms with Gasteiger partial charge >= 0.3 is 6.98 Å². The summed E-state index contributed by atoms with van der Waals surface area (Å²) in [5.41, 5.74) is -0.873. The van der Waals surface area contributed by atoms with Crippen LogP contribution in [-0.2, 0) is 4.74 Å². The van der Waals surface area contributed by atoms with E-state index in [0.717, 1.165) is 12.5 Å². The molecule has 0 radical (unpaired) electrons. The first kappa shape index (κ1) is 16.8. The van der Waals surface area contributed by atoms with Crippen molar-refractivity contribution in [3.05, 3.63) is 24.0 Å². The zero-order valence-electron chi connectivity index (χ0n) is 11.5. The van der Waals surface area contributed by atoms with Gasteiger partial charge in [-0.1, -0.05) is 19.9 Å². The molecular weight excluding hydrogens is 275 g/mol. The van der Waals surface area contributed by atoms with Crippen LogP contribution in [0.15, 0.2) is 18.2 Å². The molecular formula is C13H18BF4O2-. The van der Waals surface area contributed by atoms with Gasteiger partial charge in [-0.05, 0) is 24.5 Å². The Morgan fingerprint density at radius 3 is 2.40 bits per heavy atom. The van der Waals surface area contributed by atoms with E-state index < -0.39 is 24.0 Å². The highest BCUT2D eigenvalue weighted by molar-refractivity contribution is 6.73. The van der Waals surface area contributed by atoms with E-state index >= 15 is 0 Å². The van der Waals surface area contributed by atoms with Crippen LogP contribution >= 0.6 is 0 Å². The van der Waals surface area contributed by atoms with Crippen LogP contribution in [0.3, 0.4) is 0 Å². The zero-order chi connectivity index (χ0) is 15.2. The molecule has 0 unspecified atom stereocenters. The Kier molecular flexibility index (Phi) is 6.32. The second-order valence-electron chi connectivity index (χ2n) is 4.91. The van der Waals surface area contributed by atoms with E-state index in [4.69, 9.17) is 9.47 Å². The molecule has 114 valence electrons. The highest BCUT2D eigenvalue weighted by Gasteiger charge is 2.26. The number of halogens is 4. The Balaban J connectivity index is 2.43. The lowest BCUT2D eigenvalue weighted by Gasteiger charge is -2.16. The van der Waals surface area contributed by atoms with Crippen LogP contribution in [0.2, 0.25) is 0 Å². The van der Waals surface area contributed by atoms with E-state index in [-0.39, 0.29) is 13.2 Å². The van der Waals surface area contributed by atoms with Gasteiger partial charge in [0.2, 0.25) is 0 Å². The molecule has 0 heterocycles. The van der Waals surface area contributed by atoms with Crippen molar-refractivity contribution in [3.8, 4) is 5.75 Å². The monoisotopic (exact) mass is 293 g/mol. The Morgan fingerprint density at radius 1 is 1.10 bits per heavy atom. The molecule has 0 aliphatic carbocycles. The van der Waals surface area contributed by atoms with Crippen LogP contribution < -0.4 is 10.2 Å². The summed E-state index contributed by atoms with van der Waals surface area (Å²) in [7, 11) is 0. The van der Waals surface area contributed by atoms with Crippen LogP contribution in [0.4, 0.5) is 17.3 Å². The minimum atomic E-state index is -5.16. The zero-order valence-corrected chi connectivity index (χ0v) is 11.5. The molecule has 0 atom stereocenters. The molecule has 1 rings (SSSR count). The molecule has 2 nitrogen and oxygen atoms in total. The van der Waals surface area contributed by atoms with E-state index in [1.807, 2.05) is 0 Å². The third-order valence-electron chi connectivity index (χ3n) is 2.66. The molecule has 0 N–H and O–H groups in total. The lowest BCUT2D eigenvalue weighted by Crippen LogP contribution is -2.34. The molecule has 0 fully saturated rings. The number of benzene rings is 1. The van der Waals surface area contributed by atoms with Gasteiger partial charge in [-0.2, -0.15) is 0 Å². The fourth-order valence-electron chi connectivity index (χ4n) is 1.47. The SMILES string of the molecule is CC(C)CCOCCOc1cc([B-](F)(F)F)ccc1F. The van der Waals surface area contributed by atoms with E-state index in [2.05, 4.69) is 13.8 Å². The Bertz CT molecular complexity index is 421. The van der Waals surface area contributed by atoms with Gasteiger partial charge in [0, 0.05) is 6.61 Å². The molecule has 0 saturated carbocycles. The molecule has 0 amide bonds. The molecule has 0 aliphatic heterocycles. The third-order valence-corrected chi connectivity index (χ3v) is 2.66. The van der Waals surface area contributed by atoms with Gasteiger partial charge in [-0.15, -0.1) is 5.46 Å². The topological polar surface area (TPSA) is 18.5 Å². The quantitative estimate of drug-likeness (QED) is 0.416. The normalized spacial score (nSPS) is 11.9. The lowest BCUT2D eigenvalue weighted by molar-refractivity contribution is 0.0913. The molecule has 7 heteroatoms. The van der Waals surface area contributed by atoms with Crippen LogP contribution in [0.1, 0.15) is 20.3 Å². The summed E-state index contributed by atoms with van der Waals surface area (Å²) in [6.45, 7) is -0.261. The Morgan fingerprint density at radius 2 is 1.80 bits per heavy atom. The maximum Gasteiger partial charge on any atom is 0.509 e. The van der Waals surface area contributed by atoms with E-state index in [9.17, 15) is 17.3 Å². The summed E-state index contributed by atoms with van der Waals surface area (Å²) < 4.78 is 61.1. The predicted octanol–water partition coefficient (Wildman–Crippen LogP) is 3.32. The standard InChI is InChI=1S/C13H18BF4O2/c1-10(2)5-6-19-7-8-20-13-9-11(14(16,17)18)3-4-12(13)15/h3-4,9-10H,5-8H2,1-2H3/q-1. The van der Waals surface area contributed by atoms with Crippen LogP contribution in [0.5, 0.6) is 5.75 Å². The maximum absolute atomic E-state index is 13.3. The molecule has 0 aromatic heterocycles. The molecule has 0 saturated heterocycles. The van der Waals surface area contributed by atoms with Gasteiger partial charge in [0.05, 0.1) is 6.61 Å². The van der Waals surface area contributed by atoms with Gasteiger partial charge in [0.25, 0.3) is 0 Å². The average molecular weight is 293 g/mol. The molecule has 20 heavy (non-hydrogen) atoms. The maximum atomic E-state index is 13.3. The van der Waals surface area contributed by atoms with Crippen molar-refractivity contribution in [1.82, 2.24) is 0 Å². The molecule has 1 aromatic rings. The first-order valence-corrected chi connectivity index (χ1v) is 6.50. The minimum Gasteiger partial charge on any atom is -0.488 e. The van der Waals surface area contributed by atoms with E-state index in [1.165, 1.54) is 0 Å². The van der Waals surface area contributed by atoms with Crippen LogP contribution in [-0.4, -0.2) is 26.8 Å².